The van der Waals surface area contributed by atoms with Gasteiger partial charge in [0.15, 0.2) is 5.69 Å². The zero-order chi connectivity index (χ0) is 16.9. The minimum absolute atomic E-state index is 0.0106. The van der Waals surface area contributed by atoms with E-state index in [1.807, 2.05) is 30.0 Å². The van der Waals surface area contributed by atoms with E-state index in [1.54, 1.807) is 0 Å². The fraction of sp³-hybridized carbons (Fsp3) is 0.474. The van der Waals surface area contributed by atoms with Gasteiger partial charge >= 0.3 is 0 Å². The van der Waals surface area contributed by atoms with Gasteiger partial charge in [-0.25, -0.2) is 0 Å². The summed E-state index contributed by atoms with van der Waals surface area (Å²) in [5, 5.41) is 7.20. The number of ether oxygens (including phenoxy) is 1. The molecule has 2 heterocycles. The lowest BCUT2D eigenvalue weighted by atomic mass is 10.1. The molecule has 0 aliphatic carbocycles. The van der Waals surface area contributed by atoms with E-state index < -0.39 is 0 Å². The SMILES string of the molecule is CCc1[nH]nc(C(=O)N2CCC[C@@H](OCc3ccccc3)C2)c1C. The molecule has 0 saturated carbocycles. The molecule has 1 amide bonds. The summed E-state index contributed by atoms with van der Waals surface area (Å²) < 4.78 is 6.02. The number of aryl methyl sites for hydroxylation is 1. The topological polar surface area (TPSA) is 58.2 Å². The lowest BCUT2D eigenvalue weighted by Gasteiger charge is -2.32. The summed E-state index contributed by atoms with van der Waals surface area (Å²) in [6.45, 7) is 6.03. The lowest BCUT2D eigenvalue weighted by Crippen LogP contribution is -2.43. The average molecular weight is 327 g/mol. The number of nitrogens with zero attached hydrogens (tertiary/aromatic N) is 2. The molecule has 1 aromatic heterocycles. The summed E-state index contributed by atoms with van der Waals surface area (Å²) in [5.74, 6) is 0.0106. The van der Waals surface area contributed by atoms with Crippen molar-refractivity contribution in [2.24, 2.45) is 0 Å². The van der Waals surface area contributed by atoms with Crippen LogP contribution in [0.5, 0.6) is 0 Å². The van der Waals surface area contributed by atoms with E-state index >= 15 is 0 Å². The first-order chi connectivity index (χ1) is 11.7. The van der Waals surface area contributed by atoms with Crippen molar-refractivity contribution in [2.75, 3.05) is 13.1 Å². The second-order valence-corrected chi connectivity index (χ2v) is 6.34. The Kier molecular flexibility index (Phi) is 5.30. The van der Waals surface area contributed by atoms with Crippen LogP contribution in [0.2, 0.25) is 0 Å². The summed E-state index contributed by atoms with van der Waals surface area (Å²) in [6.07, 6.45) is 2.91. The van der Waals surface area contributed by atoms with Gasteiger partial charge in [0.1, 0.15) is 0 Å². The maximum absolute atomic E-state index is 12.8. The van der Waals surface area contributed by atoms with Crippen LogP contribution in [0.3, 0.4) is 0 Å². The lowest BCUT2D eigenvalue weighted by molar-refractivity contribution is -0.00691. The summed E-state index contributed by atoms with van der Waals surface area (Å²) in [4.78, 5) is 14.6. The molecule has 128 valence electrons. The van der Waals surface area contributed by atoms with Crippen molar-refractivity contribution in [1.29, 1.82) is 0 Å². The zero-order valence-electron chi connectivity index (χ0n) is 14.4. The van der Waals surface area contributed by atoms with E-state index in [1.165, 1.54) is 0 Å². The summed E-state index contributed by atoms with van der Waals surface area (Å²) in [5.41, 5.74) is 3.72. The van der Waals surface area contributed by atoms with Gasteiger partial charge < -0.3 is 9.64 Å². The number of hydrogen-bond donors (Lipinski definition) is 1. The zero-order valence-corrected chi connectivity index (χ0v) is 14.4. The Morgan fingerprint density at radius 1 is 1.38 bits per heavy atom. The van der Waals surface area contributed by atoms with Crippen LogP contribution in [0.1, 0.15) is 47.1 Å². The van der Waals surface area contributed by atoms with E-state index in [-0.39, 0.29) is 12.0 Å². The first kappa shape index (κ1) is 16.7. The Bertz CT molecular complexity index is 681. The standard InChI is InChI=1S/C19H25N3O2/c1-3-17-14(2)18(21-20-17)19(23)22-11-7-10-16(12-22)24-13-15-8-5-4-6-9-15/h4-6,8-9,16H,3,7,10-13H2,1-2H3,(H,20,21)/t16-/m1/s1. The normalized spacial score (nSPS) is 17.9. The Labute approximate surface area is 143 Å². The van der Waals surface area contributed by atoms with Crippen molar-refractivity contribution >= 4 is 5.91 Å². The van der Waals surface area contributed by atoms with Crippen LogP contribution >= 0.6 is 0 Å². The minimum atomic E-state index is 0.0106. The number of carbonyl (C=O) groups excluding carboxylic acids is 1. The summed E-state index contributed by atoms with van der Waals surface area (Å²) in [7, 11) is 0. The molecule has 1 saturated heterocycles. The molecule has 2 aromatic rings. The van der Waals surface area contributed by atoms with Crippen LogP contribution in [0.4, 0.5) is 0 Å². The largest absolute Gasteiger partial charge is 0.372 e. The number of aromatic amines is 1. The van der Waals surface area contributed by atoms with Gasteiger partial charge in [-0.2, -0.15) is 5.10 Å². The highest BCUT2D eigenvalue weighted by atomic mass is 16.5. The first-order valence-corrected chi connectivity index (χ1v) is 8.67. The fourth-order valence-electron chi connectivity index (χ4n) is 3.18. The van der Waals surface area contributed by atoms with Crippen LogP contribution in [-0.2, 0) is 17.8 Å². The van der Waals surface area contributed by atoms with E-state index in [9.17, 15) is 4.79 Å². The summed E-state index contributed by atoms with van der Waals surface area (Å²) in [6, 6.07) is 10.2. The maximum atomic E-state index is 12.8. The third-order valence-electron chi connectivity index (χ3n) is 4.66. The van der Waals surface area contributed by atoms with Crippen molar-refractivity contribution in [3.8, 4) is 0 Å². The molecule has 1 aliphatic heterocycles. The minimum Gasteiger partial charge on any atom is -0.372 e. The van der Waals surface area contributed by atoms with Gasteiger partial charge in [-0.1, -0.05) is 37.3 Å². The molecule has 1 aliphatic rings. The van der Waals surface area contributed by atoms with E-state index in [2.05, 4.69) is 29.3 Å². The Balaban J connectivity index is 1.60. The van der Waals surface area contributed by atoms with E-state index in [0.29, 0.717) is 18.8 Å². The smallest absolute Gasteiger partial charge is 0.274 e. The van der Waals surface area contributed by atoms with Crippen molar-refractivity contribution in [3.05, 3.63) is 52.8 Å². The fourth-order valence-corrected chi connectivity index (χ4v) is 3.18. The average Bonchev–Trinajstić information content (AvgIpc) is 3.01. The molecule has 0 radical (unpaired) electrons. The second kappa shape index (κ2) is 7.62. The first-order valence-electron chi connectivity index (χ1n) is 8.67. The van der Waals surface area contributed by atoms with E-state index in [4.69, 9.17) is 4.74 Å². The number of likely N-dealkylation sites (tertiary alicyclic amines) is 1. The van der Waals surface area contributed by atoms with Gasteiger partial charge in [0.05, 0.1) is 12.7 Å². The molecular formula is C19H25N3O2. The van der Waals surface area contributed by atoms with Crippen LogP contribution in [0.15, 0.2) is 30.3 Å². The summed E-state index contributed by atoms with van der Waals surface area (Å²) >= 11 is 0. The molecule has 0 unspecified atom stereocenters. The number of H-pyrrole nitrogens is 1. The van der Waals surface area contributed by atoms with Crippen molar-refractivity contribution in [3.63, 3.8) is 0 Å². The number of benzene rings is 1. The Hall–Kier alpha value is -2.14. The number of piperidine rings is 1. The third-order valence-corrected chi connectivity index (χ3v) is 4.66. The number of hydrogen-bond acceptors (Lipinski definition) is 3. The Morgan fingerprint density at radius 3 is 2.88 bits per heavy atom. The second-order valence-electron chi connectivity index (χ2n) is 6.34. The molecule has 5 heteroatoms. The maximum Gasteiger partial charge on any atom is 0.274 e. The highest BCUT2D eigenvalue weighted by molar-refractivity contribution is 5.94. The van der Waals surface area contributed by atoms with Gasteiger partial charge in [0, 0.05) is 24.3 Å². The molecule has 0 spiro atoms. The predicted molar refractivity (Wildman–Crippen MR) is 92.9 cm³/mol. The van der Waals surface area contributed by atoms with Crippen molar-refractivity contribution in [1.82, 2.24) is 15.1 Å². The van der Waals surface area contributed by atoms with Crippen LogP contribution in [0, 0.1) is 6.92 Å². The number of carbonyl (C=O) groups is 1. The quantitative estimate of drug-likeness (QED) is 0.918. The number of rotatable bonds is 5. The molecule has 1 atom stereocenters. The van der Waals surface area contributed by atoms with Crippen LogP contribution in [-0.4, -0.2) is 40.2 Å². The molecular weight excluding hydrogens is 302 g/mol. The van der Waals surface area contributed by atoms with Crippen molar-refractivity contribution in [2.45, 2.75) is 45.8 Å². The number of aromatic nitrogens is 2. The van der Waals surface area contributed by atoms with Gasteiger partial charge in [-0.15, -0.1) is 0 Å². The molecule has 1 fully saturated rings. The van der Waals surface area contributed by atoms with Gasteiger partial charge in [0.25, 0.3) is 5.91 Å². The Morgan fingerprint density at radius 2 is 2.17 bits per heavy atom. The van der Waals surface area contributed by atoms with E-state index in [0.717, 1.165) is 42.6 Å². The third kappa shape index (κ3) is 3.67. The number of amides is 1. The van der Waals surface area contributed by atoms with Gasteiger partial charge in [-0.05, 0) is 31.7 Å². The molecule has 24 heavy (non-hydrogen) atoms. The highest BCUT2D eigenvalue weighted by Crippen LogP contribution is 2.19. The molecule has 0 bridgehead atoms. The highest BCUT2D eigenvalue weighted by Gasteiger charge is 2.27. The molecule has 1 aromatic carbocycles. The molecule has 3 rings (SSSR count). The van der Waals surface area contributed by atoms with Gasteiger partial charge in [-0.3, -0.25) is 9.89 Å². The van der Waals surface area contributed by atoms with Gasteiger partial charge in [0.2, 0.25) is 0 Å². The molecule has 5 nitrogen and oxygen atoms in total. The van der Waals surface area contributed by atoms with Crippen LogP contribution < -0.4 is 0 Å². The monoisotopic (exact) mass is 327 g/mol. The van der Waals surface area contributed by atoms with Crippen molar-refractivity contribution < 1.29 is 9.53 Å². The predicted octanol–water partition coefficient (Wildman–Crippen LogP) is 3.10. The number of nitrogens with one attached hydrogen (secondary N) is 1. The van der Waals surface area contributed by atoms with Crippen LogP contribution in [0.25, 0.3) is 0 Å². The molecule has 1 N–H and O–H groups in total.